The van der Waals surface area contributed by atoms with Crippen LogP contribution in [0.15, 0.2) is 60.1 Å². The van der Waals surface area contributed by atoms with Crippen LogP contribution < -0.4 is 0 Å². The van der Waals surface area contributed by atoms with Crippen LogP contribution in [0.1, 0.15) is 54.7 Å². The Labute approximate surface area is 175 Å². The fourth-order valence-electron chi connectivity index (χ4n) is 3.40. The lowest BCUT2D eigenvalue weighted by molar-refractivity contribution is -0.130. The van der Waals surface area contributed by atoms with Gasteiger partial charge in [-0.3, -0.25) is 14.6 Å². The molecule has 7 nitrogen and oxygen atoms in total. The van der Waals surface area contributed by atoms with Crippen molar-refractivity contribution in [3.05, 3.63) is 76.8 Å². The number of esters is 1. The van der Waals surface area contributed by atoms with E-state index in [9.17, 15) is 19.5 Å². The summed E-state index contributed by atoms with van der Waals surface area (Å²) in [4.78, 5) is 42.8. The van der Waals surface area contributed by atoms with Crippen molar-refractivity contribution in [2.45, 2.75) is 45.9 Å². The average Bonchev–Trinajstić information content (AvgIpc) is 2.98. The second kappa shape index (κ2) is 8.90. The summed E-state index contributed by atoms with van der Waals surface area (Å²) in [6.07, 6.45) is 3.13. The van der Waals surface area contributed by atoms with E-state index in [4.69, 9.17) is 4.74 Å². The highest BCUT2D eigenvalue weighted by atomic mass is 16.5. The molecule has 0 saturated carbocycles. The summed E-state index contributed by atoms with van der Waals surface area (Å²) in [6, 6.07) is 9.48. The summed E-state index contributed by atoms with van der Waals surface area (Å²) in [6.45, 7) is 5.39. The quantitative estimate of drug-likeness (QED) is 0.704. The molecular formula is C23H24N2O5. The molecule has 2 heterocycles. The molecule has 2 aromatic rings. The van der Waals surface area contributed by atoms with E-state index in [2.05, 4.69) is 4.98 Å². The molecule has 1 unspecified atom stereocenters. The van der Waals surface area contributed by atoms with Gasteiger partial charge in [-0.25, -0.2) is 4.79 Å². The van der Waals surface area contributed by atoms with Crippen LogP contribution in [0.4, 0.5) is 0 Å². The number of benzene rings is 1. The molecule has 1 N–H and O–H groups in total. The Balaban J connectivity index is 1.90. The van der Waals surface area contributed by atoms with E-state index in [1.807, 2.05) is 0 Å². The molecule has 7 heteroatoms. The predicted octanol–water partition coefficient (Wildman–Crippen LogP) is 3.52. The van der Waals surface area contributed by atoms with Gasteiger partial charge in [0.15, 0.2) is 11.5 Å². The topological polar surface area (TPSA) is 96.8 Å². The third kappa shape index (κ3) is 4.25. The molecule has 3 rings (SSSR count). The molecule has 0 aliphatic carbocycles. The summed E-state index contributed by atoms with van der Waals surface area (Å²) in [5.74, 6) is -1.84. The molecule has 1 aromatic heterocycles. The number of rotatable bonds is 7. The fraction of sp³-hybridized carbons (Fsp3) is 0.304. The summed E-state index contributed by atoms with van der Waals surface area (Å²) >= 11 is 0. The minimum absolute atomic E-state index is 0.0904. The number of nitrogens with zero attached hydrogens (tertiary/aromatic N) is 2. The second-order valence-corrected chi connectivity index (χ2v) is 7.31. The van der Waals surface area contributed by atoms with Crippen molar-refractivity contribution in [2.75, 3.05) is 0 Å². The Kier molecular flexibility index (Phi) is 6.30. The number of hydrogen-bond acceptors (Lipinski definition) is 6. The number of amides is 1. The van der Waals surface area contributed by atoms with Gasteiger partial charge in [-0.05, 0) is 43.2 Å². The number of hydrogen-bond donors (Lipinski definition) is 1. The Morgan fingerprint density at radius 1 is 1.20 bits per heavy atom. The van der Waals surface area contributed by atoms with Gasteiger partial charge in [0.2, 0.25) is 0 Å². The van der Waals surface area contributed by atoms with E-state index in [-0.39, 0.29) is 30.4 Å². The average molecular weight is 408 g/mol. The minimum Gasteiger partial charge on any atom is -0.503 e. The zero-order valence-corrected chi connectivity index (χ0v) is 17.2. The first kappa shape index (κ1) is 21.2. The fourth-order valence-corrected chi connectivity index (χ4v) is 3.40. The summed E-state index contributed by atoms with van der Waals surface area (Å²) in [5, 5.41) is 10.4. The third-order valence-corrected chi connectivity index (χ3v) is 4.81. The monoisotopic (exact) mass is 408 g/mol. The molecule has 1 atom stereocenters. The van der Waals surface area contributed by atoms with Crippen LogP contribution in [0.5, 0.6) is 0 Å². The van der Waals surface area contributed by atoms with Gasteiger partial charge < -0.3 is 14.7 Å². The van der Waals surface area contributed by atoms with Gasteiger partial charge in [0, 0.05) is 25.4 Å². The Hall–Kier alpha value is -3.48. The second-order valence-electron chi connectivity index (χ2n) is 7.31. The number of pyridine rings is 1. The first-order chi connectivity index (χ1) is 14.3. The lowest BCUT2D eigenvalue weighted by Gasteiger charge is -2.26. The van der Waals surface area contributed by atoms with Gasteiger partial charge in [0.1, 0.15) is 0 Å². The van der Waals surface area contributed by atoms with Crippen LogP contribution in [-0.4, -0.2) is 38.8 Å². The van der Waals surface area contributed by atoms with E-state index < -0.39 is 23.7 Å². The molecule has 1 aromatic carbocycles. The number of carbonyl (C=O) groups excluding carboxylic acids is 3. The minimum atomic E-state index is -0.718. The van der Waals surface area contributed by atoms with Gasteiger partial charge in [-0.2, -0.15) is 0 Å². The van der Waals surface area contributed by atoms with Crippen LogP contribution in [-0.2, 0) is 20.9 Å². The number of ether oxygens (including phenoxy) is 1. The Morgan fingerprint density at radius 3 is 2.47 bits per heavy atom. The zero-order valence-electron chi connectivity index (χ0n) is 17.2. The van der Waals surface area contributed by atoms with Crippen molar-refractivity contribution in [3.63, 3.8) is 0 Å². The van der Waals surface area contributed by atoms with Gasteiger partial charge in [-0.15, -0.1) is 0 Å². The van der Waals surface area contributed by atoms with E-state index in [1.54, 1.807) is 69.6 Å². The normalized spacial score (nSPS) is 16.3. The highest BCUT2D eigenvalue weighted by Crippen LogP contribution is 2.38. The van der Waals surface area contributed by atoms with Crippen LogP contribution in [0, 0.1) is 0 Å². The van der Waals surface area contributed by atoms with E-state index in [1.165, 1.54) is 4.90 Å². The molecule has 0 fully saturated rings. The van der Waals surface area contributed by atoms with Crippen molar-refractivity contribution in [1.82, 2.24) is 9.88 Å². The lowest BCUT2D eigenvalue weighted by atomic mass is 9.96. The maximum absolute atomic E-state index is 12.8. The number of aromatic nitrogens is 1. The SMILES string of the molecule is CCC(=O)C1=C(O)C(=O)N(Cc2ccc(C(=O)OC(C)C)cc2)C1c1cccnc1. The van der Waals surface area contributed by atoms with Crippen molar-refractivity contribution >= 4 is 17.7 Å². The number of ketones is 1. The highest BCUT2D eigenvalue weighted by molar-refractivity contribution is 6.08. The number of Topliss-reactive ketones (excluding diaryl/α,β-unsaturated/α-hetero) is 1. The standard InChI is InChI=1S/C23H24N2O5/c1-4-18(26)19-20(17-6-5-11-24-12-17)25(22(28)21(19)27)13-15-7-9-16(10-8-15)23(29)30-14(2)3/h5-12,14,20,27H,4,13H2,1-3H3. The van der Waals surface area contributed by atoms with Crippen LogP contribution in [0.2, 0.25) is 0 Å². The number of aliphatic hydroxyl groups is 1. The first-order valence-electron chi connectivity index (χ1n) is 9.80. The molecule has 1 amide bonds. The molecule has 0 bridgehead atoms. The predicted molar refractivity (Wildman–Crippen MR) is 109 cm³/mol. The van der Waals surface area contributed by atoms with E-state index in [0.717, 1.165) is 5.56 Å². The van der Waals surface area contributed by atoms with Gasteiger partial charge in [-0.1, -0.05) is 25.1 Å². The summed E-state index contributed by atoms with van der Waals surface area (Å²) in [7, 11) is 0. The Bertz CT molecular complexity index is 980. The highest BCUT2D eigenvalue weighted by Gasteiger charge is 2.42. The number of carbonyl (C=O) groups is 3. The van der Waals surface area contributed by atoms with Crippen molar-refractivity contribution in [2.24, 2.45) is 0 Å². The van der Waals surface area contributed by atoms with Gasteiger partial charge >= 0.3 is 5.97 Å². The van der Waals surface area contributed by atoms with Gasteiger partial charge in [0.25, 0.3) is 5.91 Å². The molecule has 0 saturated heterocycles. The molecule has 1 aliphatic rings. The zero-order chi connectivity index (χ0) is 21.8. The van der Waals surface area contributed by atoms with E-state index in [0.29, 0.717) is 11.1 Å². The maximum Gasteiger partial charge on any atom is 0.338 e. The third-order valence-electron chi connectivity index (χ3n) is 4.81. The van der Waals surface area contributed by atoms with Crippen molar-refractivity contribution in [1.29, 1.82) is 0 Å². The Morgan fingerprint density at radius 2 is 1.90 bits per heavy atom. The molecular weight excluding hydrogens is 384 g/mol. The molecule has 0 radical (unpaired) electrons. The van der Waals surface area contributed by atoms with Crippen LogP contribution >= 0.6 is 0 Å². The summed E-state index contributed by atoms with van der Waals surface area (Å²) in [5.41, 5.74) is 1.89. The molecule has 0 spiro atoms. The van der Waals surface area contributed by atoms with Crippen LogP contribution in [0.25, 0.3) is 0 Å². The molecule has 1 aliphatic heterocycles. The largest absolute Gasteiger partial charge is 0.503 e. The van der Waals surface area contributed by atoms with Crippen molar-refractivity contribution in [3.8, 4) is 0 Å². The summed E-state index contributed by atoms with van der Waals surface area (Å²) < 4.78 is 5.18. The van der Waals surface area contributed by atoms with Crippen LogP contribution in [0.3, 0.4) is 0 Å². The first-order valence-corrected chi connectivity index (χ1v) is 9.80. The smallest absolute Gasteiger partial charge is 0.338 e. The van der Waals surface area contributed by atoms with Gasteiger partial charge in [0.05, 0.1) is 23.3 Å². The number of aliphatic hydroxyl groups excluding tert-OH is 1. The lowest BCUT2D eigenvalue weighted by Crippen LogP contribution is -2.30. The van der Waals surface area contributed by atoms with E-state index >= 15 is 0 Å². The molecule has 30 heavy (non-hydrogen) atoms. The molecule has 156 valence electrons. The van der Waals surface area contributed by atoms with Crippen molar-refractivity contribution < 1.29 is 24.2 Å². The maximum atomic E-state index is 12.8.